The molecule has 1 aromatic carbocycles. The molecule has 0 spiro atoms. The largest absolute Gasteiger partial charge is 0.497 e. The molecule has 1 aliphatic heterocycles. The van der Waals surface area contributed by atoms with Crippen molar-refractivity contribution >= 4 is 23.5 Å². The number of hydrogen-bond acceptors (Lipinski definition) is 6. The molecule has 2 unspecified atom stereocenters. The van der Waals surface area contributed by atoms with Crippen LogP contribution in [0, 0.1) is 0 Å². The lowest BCUT2D eigenvalue weighted by atomic mass is 10.0. The van der Waals surface area contributed by atoms with Gasteiger partial charge in [-0.2, -0.15) is 23.5 Å². The number of nitrogens with one attached hydrogen (secondary N) is 1. The summed E-state index contributed by atoms with van der Waals surface area (Å²) in [5.74, 6) is 10.9. The zero-order valence-electron chi connectivity index (χ0n) is 11.2. The highest BCUT2D eigenvalue weighted by molar-refractivity contribution is 8.06. The molecule has 1 fully saturated rings. The fraction of sp³-hybridized carbons (Fsp3) is 0.538. The van der Waals surface area contributed by atoms with Gasteiger partial charge in [0.05, 0.1) is 20.3 Å². The van der Waals surface area contributed by atoms with E-state index in [-0.39, 0.29) is 6.04 Å². The Morgan fingerprint density at radius 2 is 2.16 bits per heavy atom. The minimum Gasteiger partial charge on any atom is -0.497 e. The van der Waals surface area contributed by atoms with Gasteiger partial charge < -0.3 is 9.47 Å². The fourth-order valence-electron chi connectivity index (χ4n) is 2.18. The Kier molecular flexibility index (Phi) is 5.69. The van der Waals surface area contributed by atoms with Crippen LogP contribution in [-0.2, 0) is 0 Å². The third-order valence-electron chi connectivity index (χ3n) is 3.16. The Labute approximate surface area is 122 Å². The highest BCUT2D eigenvalue weighted by Gasteiger charge is 2.27. The van der Waals surface area contributed by atoms with Crippen LogP contribution in [0.4, 0.5) is 0 Å². The summed E-state index contributed by atoms with van der Waals surface area (Å²) >= 11 is 3.94. The van der Waals surface area contributed by atoms with Gasteiger partial charge in [0.2, 0.25) is 0 Å². The molecule has 0 bridgehead atoms. The molecule has 1 aliphatic rings. The van der Waals surface area contributed by atoms with Gasteiger partial charge in [-0.05, 0) is 18.2 Å². The van der Waals surface area contributed by atoms with E-state index in [0.29, 0.717) is 5.25 Å². The van der Waals surface area contributed by atoms with Crippen molar-refractivity contribution < 1.29 is 9.47 Å². The van der Waals surface area contributed by atoms with Crippen molar-refractivity contribution in [1.29, 1.82) is 0 Å². The topological polar surface area (TPSA) is 56.5 Å². The van der Waals surface area contributed by atoms with Crippen molar-refractivity contribution in [3.8, 4) is 11.5 Å². The molecule has 1 aromatic rings. The van der Waals surface area contributed by atoms with Crippen LogP contribution in [0.1, 0.15) is 11.6 Å². The number of nitrogens with two attached hydrogens (primary N) is 1. The van der Waals surface area contributed by atoms with Crippen molar-refractivity contribution in [2.24, 2.45) is 5.84 Å². The summed E-state index contributed by atoms with van der Waals surface area (Å²) in [4.78, 5) is 0. The summed E-state index contributed by atoms with van der Waals surface area (Å²) in [6.45, 7) is 0. The van der Waals surface area contributed by atoms with Gasteiger partial charge in [0.25, 0.3) is 0 Å². The summed E-state index contributed by atoms with van der Waals surface area (Å²) in [6.07, 6.45) is 0. The maximum atomic E-state index is 5.78. The van der Waals surface area contributed by atoms with Crippen molar-refractivity contribution in [3.05, 3.63) is 23.8 Å². The number of rotatable bonds is 5. The van der Waals surface area contributed by atoms with Gasteiger partial charge in [-0.15, -0.1) is 0 Å². The summed E-state index contributed by atoms with van der Waals surface area (Å²) in [5, 5.41) is 0.449. The van der Waals surface area contributed by atoms with Crippen molar-refractivity contribution in [2.75, 3.05) is 31.5 Å². The highest BCUT2D eigenvalue weighted by Crippen LogP contribution is 2.38. The quantitative estimate of drug-likeness (QED) is 0.641. The third-order valence-corrected chi connectivity index (χ3v) is 6.03. The molecule has 0 amide bonds. The first-order valence-corrected chi connectivity index (χ1v) is 8.38. The molecule has 6 heteroatoms. The molecular weight excluding hydrogens is 280 g/mol. The molecule has 0 aromatic heterocycles. The Morgan fingerprint density at radius 3 is 2.74 bits per heavy atom. The Balaban J connectivity index is 2.29. The van der Waals surface area contributed by atoms with Gasteiger partial charge in [-0.25, -0.2) is 0 Å². The van der Waals surface area contributed by atoms with Crippen molar-refractivity contribution in [3.63, 3.8) is 0 Å². The normalized spacial score (nSPS) is 20.9. The number of ether oxygens (including phenoxy) is 2. The molecule has 1 saturated heterocycles. The van der Waals surface area contributed by atoms with E-state index in [9.17, 15) is 0 Å². The first kappa shape index (κ1) is 14.8. The lowest BCUT2D eigenvalue weighted by Gasteiger charge is -2.30. The molecule has 106 valence electrons. The predicted molar refractivity (Wildman–Crippen MR) is 83.2 cm³/mol. The average Bonchev–Trinajstić information content (AvgIpc) is 2.49. The van der Waals surface area contributed by atoms with Crippen LogP contribution in [0.25, 0.3) is 0 Å². The SMILES string of the molecule is COc1ccc(OC)c(C(NN)C2CSCCS2)c1. The highest BCUT2D eigenvalue weighted by atomic mass is 32.2. The van der Waals surface area contributed by atoms with Crippen LogP contribution >= 0.6 is 23.5 Å². The zero-order chi connectivity index (χ0) is 13.7. The van der Waals surface area contributed by atoms with E-state index in [1.807, 2.05) is 41.7 Å². The molecule has 2 rings (SSSR count). The van der Waals surface area contributed by atoms with Crippen LogP contribution in [0.3, 0.4) is 0 Å². The van der Waals surface area contributed by atoms with E-state index in [4.69, 9.17) is 15.3 Å². The van der Waals surface area contributed by atoms with Crippen LogP contribution < -0.4 is 20.7 Å². The standard InChI is InChI=1S/C13H20N2O2S2/c1-16-9-3-4-11(17-2)10(7-9)13(15-14)12-8-18-5-6-19-12/h3-4,7,12-13,15H,5-6,8,14H2,1-2H3. The first-order chi connectivity index (χ1) is 9.30. The van der Waals surface area contributed by atoms with Crippen molar-refractivity contribution in [1.82, 2.24) is 5.43 Å². The van der Waals surface area contributed by atoms with E-state index in [2.05, 4.69) is 5.43 Å². The van der Waals surface area contributed by atoms with Crippen LogP contribution in [0.2, 0.25) is 0 Å². The van der Waals surface area contributed by atoms with Gasteiger partial charge in [0.1, 0.15) is 11.5 Å². The Morgan fingerprint density at radius 1 is 1.32 bits per heavy atom. The molecule has 4 nitrogen and oxygen atoms in total. The first-order valence-electron chi connectivity index (χ1n) is 6.17. The maximum absolute atomic E-state index is 5.78. The maximum Gasteiger partial charge on any atom is 0.123 e. The molecule has 19 heavy (non-hydrogen) atoms. The molecule has 0 aliphatic carbocycles. The Bertz CT molecular complexity index is 412. The van der Waals surface area contributed by atoms with Crippen LogP contribution in [-0.4, -0.2) is 36.7 Å². The number of hydrazine groups is 1. The van der Waals surface area contributed by atoms with Gasteiger partial charge >= 0.3 is 0 Å². The number of methoxy groups -OCH3 is 2. The second-order valence-corrected chi connectivity index (χ2v) is 6.73. The summed E-state index contributed by atoms with van der Waals surface area (Å²) in [5.41, 5.74) is 4.00. The fourth-order valence-corrected chi connectivity index (χ4v) is 5.02. The van der Waals surface area contributed by atoms with E-state index in [1.165, 1.54) is 11.5 Å². The molecular formula is C13H20N2O2S2. The zero-order valence-corrected chi connectivity index (χ0v) is 12.9. The average molecular weight is 300 g/mol. The molecule has 3 N–H and O–H groups in total. The second-order valence-electron chi connectivity index (χ2n) is 4.24. The van der Waals surface area contributed by atoms with Crippen molar-refractivity contribution in [2.45, 2.75) is 11.3 Å². The third kappa shape index (κ3) is 3.51. The van der Waals surface area contributed by atoms with Gasteiger partial charge in [-0.1, -0.05) is 0 Å². The molecule has 0 saturated carbocycles. The number of benzene rings is 1. The minimum absolute atomic E-state index is 0.0721. The lowest BCUT2D eigenvalue weighted by Crippen LogP contribution is -2.38. The molecule has 2 atom stereocenters. The molecule has 0 radical (unpaired) electrons. The van der Waals surface area contributed by atoms with E-state index < -0.39 is 0 Å². The summed E-state index contributed by atoms with van der Waals surface area (Å²) < 4.78 is 10.8. The minimum atomic E-state index is 0.0721. The molecule has 1 heterocycles. The second kappa shape index (κ2) is 7.28. The van der Waals surface area contributed by atoms with Gasteiger partial charge in [0.15, 0.2) is 0 Å². The van der Waals surface area contributed by atoms with E-state index in [1.54, 1.807) is 14.2 Å². The summed E-state index contributed by atoms with van der Waals surface area (Å²) in [6, 6.07) is 5.91. The van der Waals surface area contributed by atoms with E-state index >= 15 is 0 Å². The van der Waals surface area contributed by atoms with Crippen LogP contribution in [0.15, 0.2) is 18.2 Å². The predicted octanol–water partition coefficient (Wildman–Crippen LogP) is 2.06. The number of thioether (sulfide) groups is 2. The van der Waals surface area contributed by atoms with Gasteiger partial charge in [-0.3, -0.25) is 11.3 Å². The van der Waals surface area contributed by atoms with E-state index in [0.717, 1.165) is 22.8 Å². The van der Waals surface area contributed by atoms with Gasteiger partial charge in [0, 0.05) is 28.1 Å². The summed E-state index contributed by atoms with van der Waals surface area (Å²) in [7, 11) is 3.35. The lowest BCUT2D eigenvalue weighted by molar-refractivity contribution is 0.389. The van der Waals surface area contributed by atoms with Crippen LogP contribution in [0.5, 0.6) is 11.5 Å². The Hall–Kier alpha value is -0.560. The monoisotopic (exact) mass is 300 g/mol. The number of hydrogen-bond donors (Lipinski definition) is 2. The smallest absolute Gasteiger partial charge is 0.123 e.